The van der Waals surface area contributed by atoms with Crippen molar-refractivity contribution in [2.45, 2.75) is 6.54 Å². The Morgan fingerprint density at radius 1 is 1.27 bits per heavy atom. The molecule has 1 aromatic carbocycles. The van der Waals surface area contributed by atoms with Crippen molar-refractivity contribution < 1.29 is 0 Å². The monoisotopic (exact) mass is 282 g/mol. The SMILES string of the molecule is Nc1ccccc1NCc1sccc1Br. The third-order valence-corrected chi connectivity index (χ3v) is 4.02. The van der Waals surface area contributed by atoms with E-state index in [1.165, 1.54) is 4.88 Å². The molecule has 2 nitrogen and oxygen atoms in total. The molecule has 2 rings (SSSR count). The van der Waals surface area contributed by atoms with Gasteiger partial charge >= 0.3 is 0 Å². The Kier molecular flexibility index (Phi) is 3.28. The number of anilines is 2. The Hall–Kier alpha value is -1.00. The third kappa shape index (κ3) is 2.52. The average Bonchev–Trinajstić information content (AvgIpc) is 2.63. The van der Waals surface area contributed by atoms with Crippen LogP contribution in [0.4, 0.5) is 11.4 Å². The number of nitrogens with one attached hydrogen (secondary N) is 1. The number of hydrogen-bond acceptors (Lipinski definition) is 3. The van der Waals surface area contributed by atoms with Crippen molar-refractivity contribution in [2.75, 3.05) is 11.1 Å². The lowest BCUT2D eigenvalue weighted by atomic mass is 10.2. The second-order valence-corrected chi connectivity index (χ2v) is 4.99. The van der Waals surface area contributed by atoms with Gasteiger partial charge in [-0.2, -0.15) is 0 Å². The number of thiophene rings is 1. The summed E-state index contributed by atoms with van der Waals surface area (Å²) in [6, 6.07) is 9.84. The molecule has 0 atom stereocenters. The van der Waals surface area contributed by atoms with Gasteiger partial charge in [0.25, 0.3) is 0 Å². The molecule has 0 radical (unpaired) electrons. The molecule has 1 aromatic heterocycles. The molecule has 0 saturated carbocycles. The van der Waals surface area contributed by atoms with E-state index in [2.05, 4.69) is 32.7 Å². The smallest absolute Gasteiger partial charge is 0.0576 e. The van der Waals surface area contributed by atoms with E-state index in [0.29, 0.717) is 0 Å². The lowest BCUT2D eigenvalue weighted by molar-refractivity contribution is 1.18. The highest BCUT2D eigenvalue weighted by atomic mass is 79.9. The second kappa shape index (κ2) is 4.68. The van der Waals surface area contributed by atoms with E-state index in [-0.39, 0.29) is 0 Å². The van der Waals surface area contributed by atoms with Crippen LogP contribution in [0.25, 0.3) is 0 Å². The first-order chi connectivity index (χ1) is 7.27. The maximum Gasteiger partial charge on any atom is 0.0576 e. The minimum Gasteiger partial charge on any atom is -0.397 e. The van der Waals surface area contributed by atoms with Crippen molar-refractivity contribution >= 4 is 38.6 Å². The number of halogens is 1. The van der Waals surface area contributed by atoms with E-state index in [4.69, 9.17) is 5.73 Å². The number of hydrogen-bond donors (Lipinski definition) is 2. The van der Waals surface area contributed by atoms with Gasteiger partial charge < -0.3 is 11.1 Å². The number of para-hydroxylation sites is 2. The summed E-state index contributed by atoms with van der Waals surface area (Å²) in [6.45, 7) is 0.798. The molecule has 4 heteroatoms. The van der Waals surface area contributed by atoms with Gasteiger partial charge in [0.1, 0.15) is 0 Å². The molecule has 0 aliphatic rings. The van der Waals surface area contributed by atoms with Crippen LogP contribution in [0.15, 0.2) is 40.2 Å². The molecule has 0 amide bonds. The Morgan fingerprint density at radius 3 is 2.73 bits per heavy atom. The number of nitrogen functional groups attached to an aromatic ring is 1. The molecule has 78 valence electrons. The molecule has 1 heterocycles. The van der Waals surface area contributed by atoms with E-state index in [1.54, 1.807) is 11.3 Å². The normalized spacial score (nSPS) is 10.2. The van der Waals surface area contributed by atoms with Crippen LogP contribution in [-0.2, 0) is 6.54 Å². The van der Waals surface area contributed by atoms with Crippen molar-refractivity contribution in [1.82, 2.24) is 0 Å². The Bertz CT molecular complexity index is 453. The summed E-state index contributed by atoms with van der Waals surface area (Å²) < 4.78 is 1.15. The van der Waals surface area contributed by atoms with Crippen molar-refractivity contribution in [1.29, 1.82) is 0 Å². The van der Waals surface area contributed by atoms with Gasteiger partial charge in [-0.1, -0.05) is 12.1 Å². The molecule has 0 unspecified atom stereocenters. The molecule has 0 aliphatic carbocycles. The first-order valence-corrected chi connectivity index (χ1v) is 6.25. The molecule has 0 fully saturated rings. The van der Waals surface area contributed by atoms with Crippen molar-refractivity contribution in [3.8, 4) is 0 Å². The maximum absolute atomic E-state index is 5.83. The van der Waals surface area contributed by atoms with E-state index >= 15 is 0 Å². The fourth-order valence-corrected chi connectivity index (χ4v) is 2.72. The van der Waals surface area contributed by atoms with E-state index in [1.807, 2.05) is 24.3 Å². The van der Waals surface area contributed by atoms with Gasteiger partial charge in [0, 0.05) is 9.35 Å². The zero-order valence-corrected chi connectivity index (χ0v) is 10.4. The van der Waals surface area contributed by atoms with Crippen molar-refractivity contribution in [3.63, 3.8) is 0 Å². The van der Waals surface area contributed by atoms with Crippen molar-refractivity contribution in [2.24, 2.45) is 0 Å². The van der Waals surface area contributed by atoms with Gasteiger partial charge in [0.15, 0.2) is 0 Å². The second-order valence-electron chi connectivity index (χ2n) is 3.13. The lowest BCUT2D eigenvalue weighted by Crippen LogP contribution is -2.01. The predicted molar refractivity (Wildman–Crippen MR) is 70.2 cm³/mol. The van der Waals surface area contributed by atoms with Crippen LogP contribution in [0, 0.1) is 0 Å². The fourth-order valence-electron chi connectivity index (χ4n) is 1.28. The summed E-state index contributed by atoms with van der Waals surface area (Å²) in [6.07, 6.45) is 0. The fraction of sp³-hybridized carbons (Fsp3) is 0.0909. The van der Waals surface area contributed by atoms with Crippen LogP contribution in [0.2, 0.25) is 0 Å². The van der Waals surface area contributed by atoms with Crippen LogP contribution < -0.4 is 11.1 Å². The number of nitrogens with two attached hydrogens (primary N) is 1. The van der Waals surface area contributed by atoms with Crippen LogP contribution in [0.1, 0.15) is 4.88 Å². The standard InChI is InChI=1S/C11H11BrN2S/c12-8-5-6-15-11(8)7-14-10-4-2-1-3-9(10)13/h1-6,14H,7,13H2. The minimum absolute atomic E-state index is 0.783. The molecule has 2 aromatic rings. The molecule has 0 bridgehead atoms. The molecule has 0 saturated heterocycles. The van der Waals surface area contributed by atoms with Crippen LogP contribution >= 0.6 is 27.3 Å². The Balaban J connectivity index is 2.06. The van der Waals surface area contributed by atoms with Crippen LogP contribution in [0.3, 0.4) is 0 Å². The van der Waals surface area contributed by atoms with Gasteiger partial charge in [0.2, 0.25) is 0 Å². The third-order valence-electron chi connectivity index (χ3n) is 2.09. The van der Waals surface area contributed by atoms with Gasteiger partial charge in [-0.3, -0.25) is 0 Å². The largest absolute Gasteiger partial charge is 0.397 e. The van der Waals surface area contributed by atoms with Crippen molar-refractivity contribution in [3.05, 3.63) is 45.1 Å². The summed E-state index contributed by atoms with van der Waals surface area (Å²) in [5.74, 6) is 0. The Labute approximate surface area is 101 Å². The maximum atomic E-state index is 5.83. The van der Waals surface area contributed by atoms with Crippen LogP contribution in [0.5, 0.6) is 0 Å². The summed E-state index contributed by atoms with van der Waals surface area (Å²) in [4.78, 5) is 1.28. The molecular formula is C11H11BrN2S. The van der Waals surface area contributed by atoms with Gasteiger partial charge in [-0.25, -0.2) is 0 Å². The van der Waals surface area contributed by atoms with Crippen LogP contribution in [-0.4, -0.2) is 0 Å². The summed E-state index contributed by atoms with van der Waals surface area (Å²) in [5.41, 5.74) is 7.59. The average molecular weight is 283 g/mol. The van der Waals surface area contributed by atoms with E-state index < -0.39 is 0 Å². The topological polar surface area (TPSA) is 38.0 Å². The quantitative estimate of drug-likeness (QED) is 0.843. The highest BCUT2D eigenvalue weighted by molar-refractivity contribution is 9.10. The molecule has 0 aliphatic heterocycles. The van der Waals surface area contributed by atoms with Gasteiger partial charge in [-0.05, 0) is 39.5 Å². The summed E-state index contributed by atoms with van der Waals surface area (Å²) in [7, 11) is 0. The lowest BCUT2D eigenvalue weighted by Gasteiger charge is -2.07. The molecular weight excluding hydrogens is 272 g/mol. The molecule has 15 heavy (non-hydrogen) atoms. The predicted octanol–water partition coefficient (Wildman–Crippen LogP) is 3.70. The zero-order valence-electron chi connectivity index (χ0n) is 8.03. The molecule has 0 spiro atoms. The highest BCUT2D eigenvalue weighted by Gasteiger charge is 2.01. The van der Waals surface area contributed by atoms with Gasteiger partial charge in [0.05, 0.1) is 17.9 Å². The highest BCUT2D eigenvalue weighted by Crippen LogP contribution is 2.25. The summed E-state index contributed by atoms with van der Waals surface area (Å²) in [5, 5.41) is 5.38. The zero-order chi connectivity index (χ0) is 10.7. The number of benzene rings is 1. The minimum atomic E-state index is 0.783. The van der Waals surface area contributed by atoms with E-state index in [9.17, 15) is 0 Å². The molecule has 3 N–H and O–H groups in total. The Morgan fingerprint density at radius 2 is 2.07 bits per heavy atom. The summed E-state index contributed by atoms with van der Waals surface area (Å²) >= 11 is 5.22. The number of rotatable bonds is 3. The van der Waals surface area contributed by atoms with E-state index in [0.717, 1.165) is 22.4 Å². The first-order valence-electron chi connectivity index (χ1n) is 4.57. The van der Waals surface area contributed by atoms with Gasteiger partial charge in [-0.15, -0.1) is 11.3 Å². The first kappa shape index (κ1) is 10.5.